The standard InChI is InChI=1S/C6H6F2N2.ClH/c7-4-1-2-5(8)6(3-4)10-9;/h1-3,10H,9H2;1H. The highest BCUT2D eigenvalue weighted by molar-refractivity contribution is 5.85. The molecular formula is C6H7ClF2N2. The van der Waals surface area contributed by atoms with Gasteiger partial charge in [-0.15, -0.1) is 12.4 Å². The molecule has 0 aliphatic rings. The Bertz CT molecular complexity index is 242. The van der Waals surface area contributed by atoms with Crippen molar-refractivity contribution < 1.29 is 8.78 Å². The predicted molar refractivity (Wildman–Crippen MR) is 41.4 cm³/mol. The third-order valence-corrected chi connectivity index (χ3v) is 1.08. The van der Waals surface area contributed by atoms with Gasteiger partial charge in [-0.25, -0.2) is 8.78 Å². The van der Waals surface area contributed by atoms with Crippen LogP contribution in [-0.4, -0.2) is 0 Å². The molecule has 2 nitrogen and oxygen atoms in total. The highest BCUT2D eigenvalue weighted by Crippen LogP contribution is 2.12. The quantitative estimate of drug-likeness (QED) is 0.510. The highest BCUT2D eigenvalue weighted by atomic mass is 35.5. The first-order chi connectivity index (χ1) is 4.74. The van der Waals surface area contributed by atoms with Crippen LogP contribution in [0.3, 0.4) is 0 Å². The lowest BCUT2D eigenvalue weighted by molar-refractivity contribution is 0.602. The normalized spacial score (nSPS) is 8.64. The van der Waals surface area contributed by atoms with Crippen LogP contribution in [0.4, 0.5) is 14.5 Å². The smallest absolute Gasteiger partial charge is 0.147 e. The van der Waals surface area contributed by atoms with Gasteiger partial charge in [0.2, 0.25) is 0 Å². The Balaban J connectivity index is 0.000001000. The van der Waals surface area contributed by atoms with E-state index in [0.717, 1.165) is 18.2 Å². The minimum absolute atomic E-state index is 0. The molecule has 0 spiro atoms. The zero-order chi connectivity index (χ0) is 7.56. The molecule has 0 unspecified atom stereocenters. The Morgan fingerprint density at radius 3 is 2.36 bits per heavy atom. The number of halogens is 3. The van der Waals surface area contributed by atoms with Gasteiger partial charge < -0.3 is 5.43 Å². The lowest BCUT2D eigenvalue weighted by atomic mass is 10.3. The number of nitrogens with one attached hydrogen (secondary N) is 1. The van der Waals surface area contributed by atoms with Crippen LogP contribution in [0.25, 0.3) is 0 Å². The van der Waals surface area contributed by atoms with Gasteiger partial charge in [0.15, 0.2) is 0 Å². The summed E-state index contributed by atoms with van der Waals surface area (Å²) < 4.78 is 24.7. The van der Waals surface area contributed by atoms with Crippen LogP contribution in [-0.2, 0) is 0 Å². The second-order valence-electron chi connectivity index (χ2n) is 1.77. The van der Waals surface area contributed by atoms with Crippen LogP contribution in [0.5, 0.6) is 0 Å². The summed E-state index contributed by atoms with van der Waals surface area (Å²) in [6, 6.07) is 3.01. The molecule has 0 atom stereocenters. The minimum atomic E-state index is -0.566. The summed E-state index contributed by atoms with van der Waals surface area (Å²) >= 11 is 0. The van der Waals surface area contributed by atoms with E-state index in [0.29, 0.717) is 0 Å². The number of hydrogen-bond acceptors (Lipinski definition) is 2. The average Bonchev–Trinajstić information content (AvgIpc) is 1.94. The van der Waals surface area contributed by atoms with Crippen molar-refractivity contribution in [2.24, 2.45) is 5.84 Å². The number of hydrazine groups is 1. The topological polar surface area (TPSA) is 38.0 Å². The van der Waals surface area contributed by atoms with Crippen molar-refractivity contribution in [1.29, 1.82) is 0 Å². The third kappa shape index (κ3) is 2.32. The summed E-state index contributed by atoms with van der Waals surface area (Å²) in [6.07, 6.45) is 0. The minimum Gasteiger partial charge on any atom is -0.321 e. The zero-order valence-electron chi connectivity index (χ0n) is 5.47. The fourth-order valence-corrected chi connectivity index (χ4v) is 0.608. The molecule has 5 heteroatoms. The Morgan fingerprint density at radius 2 is 1.91 bits per heavy atom. The predicted octanol–water partition coefficient (Wildman–Crippen LogP) is 1.67. The van der Waals surface area contributed by atoms with Crippen molar-refractivity contribution in [3.8, 4) is 0 Å². The van der Waals surface area contributed by atoms with Crippen molar-refractivity contribution in [3.05, 3.63) is 29.8 Å². The van der Waals surface area contributed by atoms with Gasteiger partial charge in [0.1, 0.15) is 11.6 Å². The number of anilines is 1. The second-order valence-corrected chi connectivity index (χ2v) is 1.77. The lowest BCUT2D eigenvalue weighted by Crippen LogP contribution is -2.08. The molecule has 0 heterocycles. The van der Waals surface area contributed by atoms with Crippen molar-refractivity contribution in [2.45, 2.75) is 0 Å². The first-order valence-corrected chi connectivity index (χ1v) is 2.65. The van der Waals surface area contributed by atoms with Gasteiger partial charge in [0.05, 0.1) is 5.69 Å². The zero-order valence-corrected chi connectivity index (χ0v) is 6.29. The van der Waals surface area contributed by atoms with Crippen LogP contribution >= 0.6 is 12.4 Å². The summed E-state index contributed by atoms with van der Waals surface area (Å²) in [7, 11) is 0. The Kier molecular flexibility index (Phi) is 3.78. The maximum Gasteiger partial charge on any atom is 0.147 e. The van der Waals surface area contributed by atoms with E-state index < -0.39 is 11.6 Å². The van der Waals surface area contributed by atoms with Gasteiger partial charge in [-0.2, -0.15) is 0 Å². The molecule has 11 heavy (non-hydrogen) atoms. The molecule has 0 saturated heterocycles. The van der Waals surface area contributed by atoms with Crippen LogP contribution in [0.15, 0.2) is 18.2 Å². The van der Waals surface area contributed by atoms with Crippen molar-refractivity contribution >= 4 is 18.1 Å². The van der Waals surface area contributed by atoms with E-state index >= 15 is 0 Å². The van der Waals surface area contributed by atoms with E-state index in [1.807, 2.05) is 5.43 Å². The van der Waals surface area contributed by atoms with E-state index in [1.165, 1.54) is 0 Å². The Hall–Kier alpha value is -0.870. The maximum atomic E-state index is 12.5. The fraction of sp³-hybridized carbons (Fsp3) is 0. The molecule has 0 bridgehead atoms. The molecule has 0 radical (unpaired) electrons. The molecule has 62 valence electrons. The third-order valence-electron chi connectivity index (χ3n) is 1.08. The molecule has 1 aromatic carbocycles. The van der Waals surface area contributed by atoms with E-state index in [9.17, 15) is 8.78 Å². The number of nitrogen functional groups attached to an aromatic ring is 1. The fourth-order valence-electron chi connectivity index (χ4n) is 0.608. The maximum absolute atomic E-state index is 12.5. The molecular weight excluding hydrogens is 174 g/mol. The summed E-state index contributed by atoms with van der Waals surface area (Å²) in [6.45, 7) is 0. The van der Waals surface area contributed by atoms with E-state index in [4.69, 9.17) is 5.84 Å². The van der Waals surface area contributed by atoms with E-state index in [2.05, 4.69) is 0 Å². The lowest BCUT2D eigenvalue weighted by Gasteiger charge is -1.99. The van der Waals surface area contributed by atoms with Crippen LogP contribution in [0, 0.1) is 11.6 Å². The summed E-state index contributed by atoms with van der Waals surface area (Å²) in [4.78, 5) is 0. The van der Waals surface area contributed by atoms with Gasteiger partial charge in [-0.3, -0.25) is 5.84 Å². The molecule has 0 aliphatic heterocycles. The molecule has 1 rings (SSSR count). The Morgan fingerprint density at radius 1 is 1.27 bits per heavy atom. The van der Waals surface area contributed by atoms with Gasteiger partial charge in [-0.05, 0) is 12.1 Å². The number of benzene rings is 1. The van der Waals surface area contributed by atoms with Crippen LogP contribution in [0.1, 0.15) is 0 Å². The molecule has 0 fully saturated rings. The van der Waals surface area contributed by atoms with Crippen LogP contribution < -0.4 is 11.3 Å². The monoisotopic (exact) mass is 180 g/mol. The molecule has 0 amide bonds. The van der Waals surface area contributed by atoms with Gasteiger partial charge in [-0.1, -0.05) is 0 Å². The van der Waals surface area contributed by atoms with Gasteiger partial charge in [0, 0.05) is 6.07 Å². The van der Waals surface area contributed by atoms with Crippen molar-refractivity contribution in [3.63, 3.8) is 0 Å². The highest BCUT2D eigenvalue weighted by Gasteiger charge is 1.99. The number of hydrogen-bond donors (Lipinski definition) is 2. The SMILES string of the molecule is Cl.NNc1cc(F)ccc1F. The summed E-state index contributed by atoms with van der Waals surface area (Å²) in [5, 5.41) is 0. The van der Waals surface area contributed by atoms with E-state index in [1.54, 1.807) is 0 Å². The summed E-state index contributed by atoms with van der Waals surface area (Å²) in [5.74, 6) is 3.78. The largest absolute Gasteiger partial charge is 0.321 e. The van der Waals surface area contributed by atoms with Gasteiger partial charge >= 0.3 is 0 Å². The average molecular weight is 181 g/mol. The molecule has 0 saturated carbocycles. The van der Waals surface area contributed by atoms with Crippen molar-refractivity contribution in [1.82, 2.24) is 0 Å². The molecule has 0 aliphatic carbocycles. The number of rotatable bonds is 1. The molecule has 3 N–H and O–H groups in total. The van der Waals surface area contributed by atoms with Crippen molar-refractivity contribution in [2.75, 3.05) is 5.43 Å². The van der Waals surface area contributed by atoms with Gasteiger partial charge in [0.25, 0.3) is 0 Å². The Labute approximate surface area is 68.8 Å². The van der Waals surface area contributed by atoms with E-state index in [-0.39, 0.29) is 18.1 Å². The second kappa shape index (κ2) is 4.10. The number of nitrogens with two attached hydrogens (primary N) is 1. The first kappa shape index (κ1) is 10.1. The summed E-state index contributed by atoms with van der Waals surface area (Å²) in [5.41, 5.74) is 1.98. The molecule has 1 aromatic rings. The van der Waals surface area contributed by atoms with Crippen LogP contribution in [0.2, 0.25) is 0 Å². The molecule has 0 aromatic heterocycles. The first-order valence-electron chi connectivity index (χ1n) is 2.65.